The Labute approximate surface area is 135 Å². The first-order chi connectivity index (χ1) is 10.5. The van der Waals surface area contributed by atoms with E-state index in [4.69, 9.17) is 4.42 Å². The summed E-state index contributed by atoms with van der Waals surface area (Å²) in [6, 6.07) is 10.7. The second-order valence-electron chi connectivity index (χ2n) is 5.10. The molecule has 0 spiro atoms. The predicted octanol–water partition coefficient (Wildman–Crippen LogP) is 3.03. The van der Waals surface area contributed by atoms with E-state index in [2.05, 4.69) is 15.9 Å². The molecule has 0 fully saturated rings. The molecular formula is C17H13BrNO3+. The van der Waals surface area contributed by atoms with Crippen molar-refractivity contribution in [2.45, 2.75) is 13.5 Å². The van der Waals surface area contributed by atoms with Crippen LogP contribution in [0.3, 0.4) is 0 Å². The monoisotopic (exact) mass is 358 g/mol. The lowest BCUT2D eigenvalue weighted by Crippen LogP contribution is -2.38. The van der Waals surface area contributed by atoms with Crippen LogP contribution in [0.2, 0.25) is 0 Å². The Morgan fingerprint density at radius 2 is 1.91 bits per heavy atom. The van der Waals surface area contributed by atoms with Crippen LogP contribution in [-0.2, 0) is 6.54 Å². The molecule has 3 rings (SSSR count). The van der Waals surface area contributed by atoms with E-state index in [0.29, 0.717) is 11.0 Å². The molecule has 22 heavy (non-hydrogen) atoms. The van der Waals surface area contributed by atoms with Gasteiger partial charge in [-0.3, -0.25) is 4.79 Å². The number of nitrogens with zero attached hydrogens (tertiary/aromatic N) is 1. The summed E-state index contributed by atoms with van der Waals surface area (Å²) in [6.45, 7) is 2.08. The number of rotatable bonds is 3. The number of halogens is 1. The van der Waals surface area contributed by atoms with Crippen LogP contribution in [0.5, 0.6) is 0 Å². The molecule has 0 amide bonds. The molecular weight excluding hydrogens is 346 g/mol. The summed E-state index contributed by atoms with van der Waals surface area (Å²) in [5, 5.41) is 0.714. The molecule has 4 nitrogen and oxygen atoms in total. The molecule has 1 aromatic carbocycles. The second kappa shape index (κ2) is 5.85. The van der Waals surface area contributed by atoms with E-state index in [1.807, 2.05) is 37.5 Å². The first kappa shape index (κ1) is 14.7. The largest absolute Gasteiger partial charge is 0.422 e. The van der Waals surface area contributed by atoms with Crippen molar-refractivity contribution >= 4 is 32.7 Å². The first-order valence-corrected chi connectivity index (χ1v) is 7.54. The van der Waals surface area contributed by atoms with Crippen LogP contribution < -0.4 is 10.2 Å². The van der Waals surface area contributed by atoms with Gasteiger partial charge in [0.1, 0.15) is 11.1 Å². The minimum atomic E-state index is -0.604. The zero-order valence-electron chi connectivity index (χ0n) is 11.9. The molecule has 0 bridgehead atoms. The summed E-state index contributed by atoms with van der Waals surface area (Å²) in [6.07, 6.45) is 3.62. The molecule has 3 aromatic rings. The van der Waals surface area contributed by atoms with Crippen molar-refractivity contribution < 1.29 is 13.8 Å². The molecule has 5 heteroatoms. The molecule has 0 unspecified atom stereocenters. The van der Waals surface area contributed by atoms with Crippen LogP contribution in [0.1, 0.15) is 15.9 Å². The zero-order valence-corrected chi connectivity index (χ0v) is 13.5. The van der Waals surface area contributed by atoms with Gasteiger partial charge in [-0.2, -0.15) is 4.57 Å². The molecule has 0 aliphatic carbocycles. The van der Waals surface area contributed by atoms with Crippen molar-refractivity contribution in [3.63, 3.8) is 0 Å². The van der Waals surface area contributed by atoms with E-state index in [1.165, 1.54) is 0 Å². The maximum absolute atomic E-state index is 12.4. The van der Waals surface area contributed by atoms with Gasteiger partial charge in [0.05, 0.1) is 0 Å². The van der Waals surface area contributed by atoms with E-state index in [1.54, 1.807) is 22.8 Å². The lowest BCUT2D eigenvalue weighted by molar-refractivity contribution is -0.683. The summed E-state index contributed by atoms with van der Waals surface area (Å²) in [5.41, 5.74) is 1.04. The lowest BCUT2D eigenvalue weighted by atomic mass is 10.1. The molecule has 0 saturated heterocycles. The van der Waals surface area contributed by atoms with Crippen molar-refractivity contribution in [2.24, 2.45) is 0 Å². The summed E-state index contributed by atoms with van der Waals surface area (Å²) in [7, 11) is 0. The number of carbonyl (C=O) groups is 1. The highest BCUT2D eigenvalue weighted by Crippen LogP contribution is 2.19. The van der Waals surface area contributed by atoms with Crippen molar-refractivity contribution in [2.75, 3.05) is 0 Å². The second-order valence-corrected chi connectivity index (χ2v) is 6.02. The van der Waals surface area contributed by atoms with Gasteiger partial charge in [0.2, 0.25) is 12.3 Å². The van der Waals surface area contributed by atoms with Gasteiger partial charge in [-0.05, 0) is 36.8 Å². The molecule has 110 valence electrons. The number of aryl methyl sites for hydroxylation is 1. The van der Waals surface area contributed by atoms with E-state index >= 15 is 0 Å². The minimum absolute atomic E-state index is 0.0682. The van der Waals surface area contributed by atoms with E-state index < -0.39 is 5.63 Å². The van der Waals surface area contributed by atoms with Gasteiger partial charge in [-0.1, -0.05) is 15.9 Å². The highest BCUT2D eigenvalue weighted by molar-refractivity contribution is 9.10. The van der Waals surface area contributed by atoms with Gasteiger partial charge < -0.3 is 4.42 Å². The number of hydrogen-bond acceptors (Lipinski definition) is 3. The maximum Gasteiger partial charge on any atom is 0.347 e. The van der Waals surface area contributed by atoms with Crippen LogP contribution in [0.15, 0.2) is 62.5 Å². The minimum Gasteiger partial charge on any atom is -0.422 e. The van der Waals surface area contributed by atoms with Crippen molar-refractivity contribution in [1.29, 1.82) is 0 Å². The quantitative estimate of drug-likeness (QED) is 0.410. The third-order valence-electron chi connectivity index (χ3n) is 3.38. The van der Waals surface area contributed by atoms with E-state index in [-0.39, 0.29) is 17.9 Å². The Hall–Kier alpha value is -2.27. The fraction of sp³-hybridized carbons (Fsp3) is 0.118. The fourth-order valence-electron chi connectivity index (χ4n) is 2.18. The van der Waals surface area contributed by atoms with E-state index in [0.717, 1.165) is 10.0 Å². The summed E-state index contributed by atoms with van der Waals surface area (Å²) in [5.74, 6) is -0.274. The number of benzene rings is 1. The highest BCUT2D eigenvalue weighted by Gasteiger charge is 2.18. The number of aromatic nitrogens is 1. The predicted molar refractivity (Wildman–Crippen MR) is 85.9 cm³/mol. The number of ketones is 1. The third kappa shape index (κ3) is 2.99. The van der Waals surface area contributed by atoms with Gasteiger partial charge in [-0.25, -0.2) is 4.79 Å². The number of carbonyl (C=O) groups excluding carboxylic acids is 1. The topological polar surface area (TPSA) is 51.2 Å². The number of pyridine rings is 1. The van der Waals surface area contributed by atoms with Crippen LogP contribution in [0, 0.1) is 6.92 Å². The smallest absolute Gasteiger partial charge is 0.347 e. The Kier molecular flexibility index (Phi) is 3.90. The van der Waals surface area contributed by atoms with Crippen LogP contribution >= 0.6 is 15.9 Å². The highest BCUT2D eigenvalue weighted by atomic mass is 79.9. The molecule has 2 aromatic heterocycles. The average Bonchev–Trinajstić information content (AvgIpc) is 2.49. The molecule has 0 saturated carbocycles. The molecule has 0 atom stereocenters. The zero-order chi connectivity index (χ0) is 15.7. The normalized spacial score (nSPS) is 10.8. The molecule has 0 N–H and O–H groups in total. The van der Waals surface area contributed by atoms with Crippen molar-refractivity contribution in [3.8, 4) is 0 Å². The number of fused-ring (bicyclic) bond motifs is 1. The third-order valence-corrected chi connectivity index (χ3v) is 3.87. The summed E-state index contributed by atoms with van der Waals surface area (Å²) >= 11 is 3.36. The van der Waals surface area contributed by atoms with Crippen LogP contribution in [0.25, 0.3) is 11.0 Å². The molecule has 0 radical (unpaired) electrons. The molecule has 2 heterocycles. The summed E-state index contributed by atoms with van der Waals surface area (Å²) < 4.78 is 7.82. The fourth-order valence-corrected chi connectivity index (χ4v) is 2.56. The summed E-state index contributed by atoms with van der Waals surface area (Å²) in [4.78, 5) is 24.4. The van der Waals surface area contributed by atoms with Crippen molar-refractivity contribution in [1.82, 2.24) is 0 Å². The Balaban J connectivity index is 1.98. The average molecular weight is 359 g/mol. The molecule has 0 aliphatic heterocycles. The molecule has 0 aliphatic rings. The van der Waals surface area contributed by atoms with Gasteiger partial charge in [0.15, 0.2) is 12.4 Å². The standard InChI is InChI=1S/C17H13BrNO3/c1-11-4-6-19(7-5-11)10-15(20)14-9-12-8-13(18)2-3-16(12)22-17(14)21/h2-9H,10H2,1H3/q+1. The SMILES string of the molecule is Cc1cc[n+](CC(=O)c2cc3cc(Br)ccc3oc2=O)cc1. The number of Topliss-reactive ketones (excluding diaryl/α,β-unsaturated/α-hetero) is 1. The van der Waals surface area contributed by atoms with E-state index in [9.17, 15) is 9.59 Å². The number of hydrogen-bond donors (Lipinski definition) is 0. The Morgan fingerprint density at radius 3 is 2.64 bits per heavy atom. The van der Waals surface area contributed by atoms with Crippen LogP contribution in [-0.4, -0.2) is 5.78 Å². The van der Waals surface area contributed by atoms with Gasteiger partial charge in [0, 0.05) is 22.0 Å². The van der Waals surface area contributed by atoms with Gasteiger partial charge in [-0.15, -0.1) is 0 Å². The Morgan fingerprint density at radius 1 is 1.18 bits per heavy atom. The Bertz CT molecular complexity index is 913. The van der Waals surface area contributed by atoms with Gasteiger partial charge in [0.25, 0.3) is 0 Å². The van der Waals surface area contributed by atoms with Gasteiger partial charge >= 0.3 is 5.63 Å². The van der Waals surface area contributed by atoms with Crippen molar-refractivity contribution in [3.05, 3.63) is 74.8 Å². The van der Waals surface area contributed by atoms with Crippen LogP contribution in [0.4, 0.5) is 0 Å². The maximum atomic E-state index is 12.4. The lowest BCUT2D eigenvalue weighted by Gasteiger charge is -2.01. The first-order valence-electron chi connectivity index (χ1n) is 6.75.